The minimum absolute atomic E-state index is 0.126. The Bertz CT molecular complexity index is 1230. The third-order valence-electron chi connectivity index (χ3n) is 4.39. The van der Waals surface area contributed by atoms with Gasteiger partial charge in [0.15, 0.2) is 0 Å². The second-order valence-electron chi connectivity index (χ2n) is 6.32. The van der Waals surface area contributed by atoms with Crippen molar-refractivity contribution in [3.8, 4) is 0 Å². The van der Waals surface area contributed by atoms with Crippen LogP contribution in [0, 0.1) is 12.7 Å². The van der Waals surface area contributed by atoms with Crippen LogP contribution in [0.2, 0.25) is 0 Å². The Morgan fingerprint density at radius 1 is 0.964 bits per heavy atom. The monoisotopic (exact) mass is 372 g/mol. The predicted molar refractivity (Wildman–Crippen MR) is 107 cm³/mol. The van der Waals surface area contributed by atoms with E-state index >= 15 is 0 Å². The number of fused-ring (bicyclic) bond motifs is 1. The minimum Gasteiger partial charge on any atom is -0.438 e. The van der Waals surface area contributed by atoms with Crippen molar-refractivity contribution in [1.82, 2.24) is 0 Å². The van der Waals surface area contributed by atoms with Gasteiger partial charge in [-0.05, 0) is 43.3 Å². The molecule has 0 atom stereocenters. The molecule has 0 radical (unpaired) electrons. The summed E-state index contributed by atoms with van der Waals surface area (Å²) in [6.07, 6.45) is 0. The van der Waals surface area contributed by atoms with Gasteiger partial charge in [-0.1, -0.05) is 42.5 Å². The van der Waals surface area contributed by atoms with Gasteiger partial charge >= 0.3 is 0 Å². The summed E-state index contributed by atoms with van der Waals surface area (Å²) in [6, 6.07) is 22.8. The van der Waals surface area contributed by atoms with Gasteiger partial charge in [0.05, 0.1) is 5.69 Å². The van der Waals surface area contributed by atoms with E-state index in [1.54, 1.807) is 43.3 Å². The highest BCUT2D eigenvalue weighted by molar-refractivity contribution is 6.05. The Kier molecular flexibility index (Phi) is 4.72. The van der Waals surface area contributed by atoms with Crippen LogP contribution in [0.25, 0.3) is 11.0 Å². The molecule has 4 rings (SSSR count). The third-order valence-corrected chi connectivity index (χ3v) is 4.39. The van der Waals surface area contributed by atoms with Gasteiger partial charge in [0.2, 0.25) is 5.55 Å². The normalized spacial score (nSPS) is 11.6. The van der Waals surface area contributed by atoms with Crippen LogP contribution in [0.3, 0.4) is 0 Å². The summed E-state index contributed by atoms with van der Waals surface area (Å²) < 4.78 is 19.8. The summed E-state index contributed by atoms with van der Waals surface area (Å²) in [5.41, 5.74) is 2.44. The molecular formula is C23H17FN2O2. The van der Waals surface area contributed by atoms with Crippen LogP contribution in [0.15, 0.2) is 88.3 Å². The summed E-state index contributed by atoms with van der Waals surface area (Å²) >= 11 is 0. The van der Waals surface area contributed by atoms with Gasteiger partial charge in [-0.15, -0.1) is 0 Å². The number of halogens is 1. The molecule has 0 aliphatic heterocycles. The molecule has 0 aliphatic carbocycles. The molecule has 3 aromatic carbocycles. The summed E-state index contributed by atoms with van der Waals surface area (Å²) in [7, 11) is 0. The van der Waals surface area contributed by atoms with Crippen LogP contribution in [0.5, 0.6) is 0 Å². The fourth-order valence-electron chi connectivity index (χ4n) is 2.86. The maximum absolute atomic E-state index is 13.9. The van der Waals surface area contributed by atoms with E-state index < -0.39 is 0 Å². The summed E-state index contributed by atoms with van der Waals surface area (Å²) in [6.45, 7) is 1.64. The van der Waals surface area contributed by atoms with E-state index in [1.165, 1.54) is 6.07 Å². The molecule has 1 amide bonds. The first kappa shape index (κ1) is 17.7. The molecule has 0 saturated carbocycles. The zero-order valence-electron chi connectivity index (χ0n) is 15.1. The molecule has 0 aliphatic rings. The van der Waals surface area contributed by atoms with E-state index in [0.29, 0.717) is 22.5 Å². The highest BCUT2D eigenvalue weighted by atomic mass is 19.1. The highest BCUT2D eigenvalue weighted by Gasteiger charge is 2.14. The lowest BCUT2D eigenvalue weighted by molar-refractivity contribution is 0.102. The molecule has 5 heteroatoms. The van der Waals surface area contributed by atoms with Crippen molar-refractivity contribution in [1.29, 1.82) is 0 Å². The maximum atomic E-state index is 13.9. The van der Waals surface area contributed by atoms with Gasteiger partial charge in [0.1, 0.15) is 17.0 Å². The van der Waals surface area contributed by atoms with Crippen LogP contribution >= 0.6 is 0 Å². The van der Waals surface area contributed by atoms with Gasteiger partial charge in [-0.3, -0.25) is 4.79 Å². The molecular weight excluding hydrogens is 355 g/mol. The maximum Gasteiger partial charge on any atom is 0.261 e. The minimum atomic E-state index is -0.364. The van der Waals surface area contributed by atoms with E-state index in [4.69, 9.17) is 4.42 Å². The number of amides is 1. The number of anilines is 1. The number of hydrogen-bond donors (Lipinski definition) is 1. The molecule has 4 aromatic rings. The van der Waals surface area contributed by atoms with Gasteiger partial charge < -0.3 is 9.73 Å². The van der Waals surface area contributed by atoms with Crippen LogP contribution in [-0.4, -0.2) is 5.91 Å². The average molecular weight is 372 g/mol. The molecule has 138 valence electrons. The highest BCUT2D eigenvalue weighted by Crippen LogP contribution is 2.21. The smallest absolute Gasteiger partial charge is 0.261 e. The first-order valence-corrected chi connectivity index (χ1v) is 8.81. The van der Waals surface area contributed by atoms with Crippen molar-refractivity contribution in [2.45, 2.75) is 6.92 Å². The fourth-order valence-corrected chi connectivity index (χ4v) is 2.86. The number of nitrogens with zero attached hydrogens (tertiary/aromatic N) is 1. The number of rotatable bonds is 3. The van der Waals surface area contributed by atoms with E-state index in [2.05, 4.69) is 10.3 Å². The zero-order valence-corrected chi connectivity index (χ0v) is 15.1. The van der Waals surface area contributed by atoms with Gasteiger partial charge in [0, 0.05) is 16.6 Å². The average Bonchev–Trinajstić information content (AvgIpc) is 2.71. The molecule has 0 fully saturated rings. The van der Waals surface area contributed by atoms with Gasteiger partial charge in [0.25, 0.3) is 5.91 Å². The summed E-state index contributed by atoms with van der Waals surface area (Å²) in [5.74, 6) is -0.717. The molecule has 28 heavy (non-hydrogen) atoms. The van der Waals surface area contributed by atoms with Crippen LogP contribution < -0.4 is 10.9 Å². The Morgan fingerprint density at radius 2 is 1.71 bits per heavy atom. The lowest BCUT2D eigenvalue weighted by Crippen LogP contribution is -2.21. The summed E-state index contributed by atoms with van der Waals surface area (Å²) in [5, 5.41) is 3.62. The molecule has 4 nitrogen and oxygen atoms in total. The van der Waals surface area contributed by atoms with Gasteiger partial charge in [-0.2, -0.15) is 0 Å². The van der Waals surface area contributed by atoms with E-state index in [9.17, 15) is 9.18 Å². The molecule has 1 heterocycles. The molecule has 1 aromatic heterocycles. The second-order valence-corrected chi connectivity index (χ2v) is 6.32. The van der Waals surface area contributed by atoms with Crippen molar-refractivity contribution < 1.29 is 13.6 Å². The lowest BCUT2D eigenvalue weighted by Gasteiger charge is -2.07. The first-order valence-electron chi connectivity index (χ1n) is 8.81. The molecule has 0 spiro atoms. The Labute approximate surface area is 161 Å². The number of carbonyl (C=O) groups excluding carboxylic acids is 1. The Morgan fingerprint density at radius 3 is 2.54 bits per heavy atom. The molecule has 1 N–H and O–H groups in total. The first-order chi connectivity index (χ1) is 13.6. The zero-order chi connectivity index (χ0) is 19.5. The quantitative estimate of drug-likeness (QED) is 0.526. The van der Waals surface area contributed by atoms with E-state index in [0.717, 1.165) is 5.39 Å². The van der Waals surface area contributed by atoms with Crippen molar-refractivity contribution >= 4 is 28.3 Å². The topological polar surface area (TPSA) is 54.6 Å². The van der Waals surface area contributed by atoms with Gasteiger partial charge in [-0.25, -0.2) is 9.38 Å². The van der Waals surface area contributed by atoms with Crippen molar-refractivity contribution in [2.75, 3.05) is 5.32 Å². The number of hydrogen-bond acceptors (Lipinski definition) is 3. The lowest BCUT2D eigenvalue weighted by atomic mass is 10.1. The van der Waals surface area contributed by atoms with Crippen LogP contribution in [0.4, 0.5) is 15.8 Å². The van der Waals surface area contributed by atoms with Crippen molar-refractivity contribution in [3.63, 3.8) is 0 Å². The van der Waals surface area contributed by atoms with Crippen LogP contribution in [0.1, 0.15) is 15.9 Å². The number of nitrogens with one attached hydrogen (secondary N) is 1. The van der Waals surface area contributed by atoms with E-state index in [1.807, 2.05) is 36.4 Å². The number of benzene rings is 3. The Balaban J connectivity index is 1.89. The van der Waals surface area contributed by atoms with Crippen molar-refractivity contribution in [3.05, 3.63) is 101 Å². The fraction of sp³-hybridized carbons (Fsp3) is 0.0435. The van der Waals surface area contributed by atoms with E-state index in [-0.39, 0.29) is 22.8 Å². The standard InChI is InChI=1S/C23H17FN2O2/c1-15-19(24)11-7-12-20(15)26-23-18(14-16-8-5-6-13-21(16)28-23)22(27)25-17-9-3-2-4-10-17/h2-14H,1H3,(H,25,27). The summed E-state index contributed by atoms with van der Waals surface area (Å²) in [4.78, 5) is 17.4. The van der Waals surface area contributed by atoms with Crippen molar-refractivity contribution in [2.24, 2.45) is 4.99 Å². The third kappa shape index (κ3) is 3.55. The number of para-hydroxylation sites is 2. The SMILES string of the molecule is Cc1c(F)cccc1N=c1oc2ccccc2cc1C(=O)Nc1ccccc1. The van der Waals surface area contributed by atoms with Crippen LogP contribution in [-0.2, 0) is 0 Å². The molecule has 0 saturated heterocycles. The second kappa shape index (κ2) is 7.48. The molecule has 0 bridgehead atoms. The number of carbonyl (C=O) groups is 1. The predicted octanol–water partition coefficient (Wildman–Crippen LogP) is 5.37. The largest absolute Gasteiger partial charge is 0.438 e. The molecule has 0 unspecified atom stereocenters. The Hall–Kier alpha value is -3.73.